The number of unbranched alkanes of at least 4 members (excludes halogenated alkanes) is 29. The van der Waals surface area contributed by atoms with Crippen LogP contribution in [0.4, 0.5) is 0 Å². The van der Waals surface area contributed by atoms with Crippen LogP contribution < -0.4 is 5.32 Å². The lowest BCUT2D eigenvalue weighted by molar-refractivity contribution is -0.870. The summed E-state index contributed by atoms with van der Waals surface area (Å²) in [4.78, 5) is 23.2. The molecule has 9 heteroatoms. The zero-order chi connectivity index (χ0) is 50.6. The van der Waals surface area contributed by atoms with Crippen molar-refractivity contribution in [2.24, 2.45) is 0 Å². The smallest absolute Gasteiger partial charge is 0.387 e. The van der Waals surface area contributed by atoms with Crippen molar-refractivity contribution >= 4 is 13.7 Å². The minimum Gasteiger partial charge on any atom is -0.387 e. The van der Waals surface area contributed by atoms with Gasteiger partial charge in [-0.05, 0) is 83.5 Å². The van der Waals surface area contributed by atoms with E-state index in [9.17, 15) is 19.4 Å². The number of aliphatic hydroxyl groups is 1. The fourth-order valence-corrected chi connectivity index (χ4v) is 8.82. The molecule has 0 aliphatic rings. The number of hydrogen-bond donors (Lipinski definition) is 3. The molecule has 0 aliphatic heterocycles. The van der Waals surface area contributed by atoms with Crippen LogP contribution in [0.25, 0.3) is 0 Å². The van der Waals surface area contributed by atoms with Gasteiger partial charge in [-0.15, -0.1) is 0 Å². The number of aliphatic hydroxyl groups excluding tert-OH is 1. The maximum atomic E-state index is 13.0. The number of quaternary nitrogens is 1. The lowest BCUT2D eigenvalue weighted by Crippen LogP contribution is -2.45. The molecule has 3 N–H and O–H groups in total. The third-order valence-electron chi connectivity index (χ3n) is 12.6. The van der Waals surface area contributed by atoms with Gasteiger partial charge in [0.05, 0.1) is 39.9 Å². The summed E-state index contributed by atoms with van der Waals surface area (Å²) in [5, 5.41) is 13.9. The molecule has 69 heavy (non-hydrogen) atoms. The van der Waals surface area contributed by atoms with E-state index in [4.69, 9.17) is 9.05 Å². The summed E-state index contributed by atoms with van der Waals surface area (Å²) in [6.45, 7) is 4.76. The fourth-order valence-electron chi connectivity index (χ4n) is 8.08. The Balaban J connectivity index is 4.08. The van der Waals surface area contributed by atoms with Crippen molar-refractivity contribution in [2.45, 2.75) is 264 Å². The summed E-state index contributed by atoms with van der Waals surface area (Å²) in [5.74, 6) is -0.191. The van der Waals surface area contributed by atoms with Crippen LogP contribution in [0.2, 0.25) is 0 Å². The average Bonchev–Trinajstić information content (AvgIpc) is 3.31. The Hall–Kier alpha value is -2.06. The Morgan fingerprint density at radius 3 is 1.28 bits per heavy atom. The van der Waals surface area contributed by atoms with Crippen LogP contribution in [0, 0.1) is 0 Å². The summed E-state index contributed by atoms with van der Waals surface area (Å²) in [6, 6.07) is -0.871. The van der Waals surface area contributed by atoms with E-state index in [-0.39, 0.29) is 19.1 Å². The summed E-state index contributed by atoms with van der Waals surface area (Å²) in [6.07, 6.45) is 70.2. The first kappa shape index (κ1) is 66.9. The topological polar surface area (TPSA) is 105 Å². The van der Waals surface area contributed by atoms with E-state index in [2.05, 4.69) is 79.9 Å². The number of phosphoric acid groups is 1. The van der Waals surface area contributed by atoms with Gasteiger partial charge < -0.3 is 19.8 Å². The maximum Gasteiger partial charge on any atom is 0.472 e. The van der Waals surface area contributed by atoms with Gasteiger partial charge in [-0.25, -0.2) is 4.57 Å². The van der Waals surface area contributed by atoms with Crippen molar-refractivity contribution in [1.29, 1.82) is 0 Å². The molecule has 0 spiro atoms. The van der Waals surface area contributed by atoms with Crippen LogP contribution in [-0.2, 0) is 18.4 Å². The minimum atomic E-state index is -4.36. The molecule has 3 unspecified atom stereocenters. The van der Waals surface area contributed by atoms with Gasteiger partial charge in [-0.1, -0.05) is 234 Å². The molecule has 0 bridgehead atoms. The highest BCUT2D eigenvalue weighted by atomic mass is 31.2. The zero-order valence-corrected chi connectivity index (χ0v) is 46.7. The van der Waals surface area contributed by atoms with Gasteiger partial charge in [0.15, 0.2) is 0 Å². The number of phosphoric ester groups is 1. The molecule has 0 aromatic rings. The van der Waals surface area contributed by atoms with Crippen molar-refractivity contribution in [3.8, 4) is 0 Å². The number of carbonyl (C=O) groups is 1. The Kier molecular flexibility index (Phi) is 49.3. The quantitative estimate of drug-likeness (QED) is 0.0243. The molecule has 0 heterocycles. The highest BCUT2D eigenvalue weighted by Gasteiger charge is 2.27. The van der Waals surface area contributed by atoms with Gasteiger partial charge in [0, 0.05) is 6.42 Å². The van der Waals surface area contributed by atoms with Crippen molar-refractivity contribution in [3.63, 3.8) is 0 Å². The van der Waals surface area contributed by atoms with Crippen LogP contribution in [0.1, 0.15) is 251 Å². The monoisotopic (exact) mass is 988 g/mol. The lowest BCUT2D eigenvalue weighted by Gasteiger charge is -2.25. The van der Waals surface area contributed by atoms with Crippen molar-refractivity contribution < 1.29 is 32.9 Å². The molecule has 0 aromatic heterocycles. The molecule has 1 amide bonds. The Morgan fingerprint density at radius 1 is 0.493 bits per heavy atom. The van der Waals surface area contributed by atoms with E-state index in [0.717, 1.165) is 57.8 Å². The molecule has 0 fully saturated rings. The van der Waals surface area contributed by atoms with E-state index in [0.29, 0.717) is 17.4 Å². The van der Waals surface area contributed by atoms with E-state index in [1.165, 1.54) is 173 Å². The highest BCUT2D eigenvalue weighted by molar-refractivity contribution is 7.47. The second-order valence-corrected chi connectivity index (χ2v) is 22.1. The van der Waals surface area contributed by atoms with Gasteiger partial charge in [0.2, 0.25) is 5.91 Å². The van der Waals surface area contributed by atoms with Gasteiger partial charge in [0.25, 0.3) is 0 Å². The third kappa shape index (κ3) is 53.6. The van der Waals surface area contributed by atoms with Gasteiger partial charge in [0.1, 0.15) is 13.2 Å². The van der Waals surface area contributed by atoms with E-state index < -0.39 is 20.0 Å². The number of hydrogen-bond acceptors (Lipinski definition) is 5. The molecule has 8 nitrogen and oxygen atoms in total. The number of nitrogens with one attached hydrogen (secondary N) is 1. The summed E-state index contributed by atoms with van der Waals surface area (Å²) in [7, 11) is 1.54. The lowest BCUT2D eigenvalue weighted by atomic mass is 10.0. The van der Waals surface area contributed by atoms with E-state index >= 15 is 0 Å². The van der Waals surface area contributed by atoms with Crippen molar-refractivity contribution in [1.82, 2.24) is 5.32 Å². The van der Waals surface area contributed by atoms with Crippen molar-refractivity contribution in [3.05, 3.63) is 72.9 Å². The molecule has 0 saturated heterocycles. The van der Waals surface area contributed by atoms with Crippen molar-refractivity contribution in [2.75, 3.05) is 40.9 Å². The van der Waals surface area contributed by atoms with Crippen LogP contribution in [0.15, 0.2) is 72.9 Å². The third-order valence-corrected chi connectivity index (χ3v) is 13.6. The average molecular weight is 989 g/mol. The first-order valence-corrected chi connectivity index (χ1v) is 30.3. The number of likely N-dealkylation sites (N-methyl/N-ethyl adjacent to an activating group) is 1. The predicted octanol–water partition coefficient (Wildman–Crippen LogP) is 17.5. The molecule has 0 radical (unpaired) electrons. The SMILES string of the molecule is CCCCCC/C=C/CC/C=C/CC/C=C/C(O)C(COP(=O)(O)OCC[N+](C)(C)C)NC(=O)CCCCCCCCCCCCCCCCCCCC/C=C\C/C=C\C/C=C\CCCCCCC. The first-order valence-electron chi connectivity index (χ1n) is 28.8. The van der Waals surface area contributed by atoms with Crippen LogP contribution in [-0.4, -0.2) is 73.4 Å². The van der Waals surface area contributed by atoms with Gasteiger partial charge in [-0.2, -0.15) is 0 Å². The molecule has 0 saturated carbocycles. The van der Waals surface area contributed by atoms with Gasteiger partial charge in [-0.3, -0.25) is 13.8 Å². The number of carbonyl (C=O) groups excluding carboxylic acids is 1. The first-order chi connectivity index (χ1) is 33.5. The Morgan fingerprint density at radius 2 is 0.841 bits per heavy atom. The van der Waals surface area contributed by atoms with Crippen LogP contribution >= 0.6 is 7.82 Å². The fraction of sp³-hybridized carbons (Fsp3) is 0.783. The van der Waals surface area contributed by atoms with E-state index in [1.54, 1.807) is 6.08 Å². The number of allylic oxidation sites excluding steroid dienone is 11. The van der Waals surface area contributed by atoms with Crippen LogP contribution in [0.3, 0.4) is 0 Å². The molecule has 0 aromatic carbocycles. The number of rotatable bonds is 52. The molecule has 0 aliphatic carbocycles. The summed E-state index contributed by atoms with van der Waals surface area (Å²) in [5.41, 5.74) is 0. The molecule has 0 rings (SSSR count). The predicted molar refractivity (Wildman–Crippen MR) is 300 cm³/mol. The Labute approximate surface area is 427 Å². The number of nitrogens with zero attached hydrogens (tertiary/aromatic N) is 1. The maximum absolute atomic E-state index is 13.0. The molecular weight excluding hydrogens is 876 g/mol. The standard InChI is InChI=1S/C60H111N2O6P/c1-6-8-10-12-14-16-18-20-22-23-24-25-26-27-28-29-30-31-32-33-34-35-36-37-38-39-40-42-44-46-48-50-52-54-60(64)61-58(57-68-69(65,66)67-56-55-62(3,4)5)59(63)53-51-49-47-45-43-41-21-19-17-15-13-11-9-7-2/h17-20,23-24,26-27,43,45,51,53,58-59,63H,6-16,21-22,25,28-42,44,46-50,52,54-57H2,1-5H3,(H-,61,64,65,66)/p+1/b19-17+,20-18-,24-23-,27-26-,45-43+,53-51+. The number of amides is 1. The largest absolute Gasteiger partial charge is 0.472 e. The van der Waals surface area contributed by atoms with E-state index in [1.807, 2.05) is 27.2 Å². The van der Waals surface area contributed by atoms with Gasteiger partial charge >= 0.3 is 7.82 Å². The second kappa shape index (κ2) is 50.9. The minimum absolute atomic E-state index is 0.0520. The highest BCUT2D eigenvalue weighted by Crippen LogP contribution is 2.43. The zero-order valence-electron chi connectivity index (χ0n) is 45.8. The molecule has 3 atom stereocenters. The molecular formula is C60H112N2O6P+. The molecule has 402 valence electrons. The normalized spacial score (nSPS) is 14.5. The summed E-state index contributed by atoms with van der Waals surface area (Å²) < 4.78 is 23.6. The second-order valence-electron chi connectivity index (χ2n) is 20.6. The Bertz CT molecular complexity index is 1350. The van der Waals surface area contributed by atoms with Crippen LogP contribution in [0.5, 0.6) is 0 Å². The summed E-state index contributed by atoms with van der Waals surface area (Å²) >= 11 is 0.